The standard InChI is InChI=1S/C21H24FN9O10P2S2/c1-35-13-6-2-36-42(33)40-12-7(39-20(8(12)22)31-5-27-11-17(23)25-4-26-18(11)31)3-37-43(34,44)41-14(13)15(38-6)16-9-10(30-45-16)19(32)29-21(24)28-9/h4-8,12-15,20,42H,2-3H2,1H3,(H,34,44)(H2,23,25,26)(H3,24,28,29,32)/t6-,7-,8-,12-,13-,14-,15-,20-,43+/m1/s1. The van der Waals surface area contributed by atoms with Crippen LogP contribution in [0.15, 0.2) is 17.4 Å². The van der Waals surface area contributed by atoms with Crippen LogP contribution in [-0.4, -0.2) is 90.9 Å². The van der Waals surface area contributed by atoms with Crippen molar-refractivity contribution < 1.29 is 45.8 Å². The summed E-state index contributed by atoms with van der Waals surface area (Å²) in [7, 11) is -2.05. The molecule has 10 atom stereocenters. The van der Waals surface area contributed by atoms with E-state index >= 15 is 4.39 Å². The number of nitrogen functional groups attached to an aromatic ring is 2. The molecule has 4 aromatic rings. The Bertz CT molecular complexity index is 1900. The Morgan fingerprint density at radius 2 is 2.00 bits per heavy atom. The van der Waals surface area contributed by atoms with E-state index in [1.807, 2.05) is 0 Å². The molecule has 5 N–H and O–H groups in total. The van der Waals surface area contributed by atoms with Gasteiger partial charge in [-0.3, -0.25) is 28.0 Å². The van der Waals surface area contributed by atoms with Crippen molar-refractivity contribution in [1.29, 1.82) is 0 Å². The molecule has 19 nitrogen and oxygen atoms in total. The molecular weight excluding hydrogens is 683 g/mol. The number of aromatic amines is 1. The van der Waals surface area contributed by atoms with Crippen molar-refractivity contribution in [1.82, 2.24) is 33.9 Å². The molecule has 3 saturated heterocycles. The fraction of sp³-hybridized carbons (Fsp3) is 0.524. The summed E-state index contributed by atoms with van der Waals surface area (Å²) in [5, 5.41) is 0. The van der Waals surface area contributed by atoms with Crippen LogP contribution in [0.4, 0.5) is 16.2 Å². The predicted octanol–water partition coefficient (Wildman–Crippen LogP) is 1.32. The number of nitrogens with one attached hydrogen (secondary N) is 1. The Labute approximate surface area is 260 Å². The van der Waals surface area contributed by atoms with Gasteiger partial charge in [-0.1, -0.05) is 12.2 Å². The Morgan fingerprint density at radius 3 is 2.80 bits per heavy atom. The predicted molar refractivity (Wildman–Crippen MR) is 157 cm³/mol. The van der Waals surface area contributed by atoms with E-state index in [9.17, 15) is 13.9 Å². The highest BCUT2D eigenvalue weighted by molar-refractivity contribution is 8.44. The molecular formula is C21H24FN9O10P2S2. The average Bonchev–Trinajstić information content (AvgIpc) is 3.75. The second-order valence-electron chi connectivity index (χ2n) is 10.1. The summed E-state index contributed by atoms with van der Waals surface area (Å²) in [4.78, 5) is 31.3. The second-order valence-corrected chi connectivity index (χ2v) is 14.8. The van der Waals surface area contributed by atoms with E-state index in [1.54, 1.807) is 0 Å². The minimum atomic E-state index is -4.30. The highest BCUT2D eigenvalue weighted by atomic mass is 32.7. The number of imidazole rings is 1. The van der Waals surface area contributed by atoms with Crippen molar-refractivity contribution in [3.05, 3.63) is 27.9 Å². The highest BCUT2D eigenvalue weighted by Gasteiger charge is 2.53. The highest BCUT2D eigenvalue weighted by Crippen LogP contribution is 2.58. The lowest BCUT2D eigenvalue weighted by atomic mass is 10.1. The summed E-state index contributed by atoms with van der Waals surface area (Å²) in [5.41, 5.74) is 11.6. The van der Waals surface area contributed by atoms with Crippen LogP contribution in [0.1, 0.15) is 17.2 Å². The second kappa shape index (κ2) is 11.9. The molecule has 0 aromatic carbocycles. The quantitative estimate of drug-likeness (QED) is 0.173. The van der Waals surface area contributed by atoms with E-state index < -0.39 is 76.2 Å². The van der Waals surface area contributed by atoms with Gasteiger partial charge in [0.15, 0.2) is 29.4 Å². The molecule has 2 bridgehead atoms. The zero-order valence-corrected chi connectivity index (χ0v) is 26.4. The number of methoxy groups -OCH3 is 1. The number of anilines is 2. The summed E-state index contributed by atoms with van der Waals surface area (Å²) >= 11 is 5.03. The summed E-state index contributed by atoms with van der Waals surface area (Å²) in [6, 6.07) is 0. The van der Waals surface area contributed by atoms with Crippen LogP contribution in [0.25, 0.3) is 22.2 Å². The molecule has 45 heavy (non-hydrogen) atoms. The van der Waals surface area contributed by atoms with Gasteiger partial charge in [0.2, 0.25) is 5.95 Å². The number of aromatic nitrogens is 7. The summed E-state index contributed by atoms with van der Waals surface area (Å²) in [6.07, 6.45) is -7.89. The first-order valence-electron chi connectivity index (χ1n) is 13.1. The molecule has 0 aliphatic carbocycles. The van der Waals surface area contributed by atoms with Crippen LogP contribution in [0.3, 0.4) is 0 Å². The number of H-pyrrole nitrogens is 1. The molecule has 0 amide bonds. The Morgan fingerprint density at radius 1 is 1.18 bits per heavy atom. The zero-order valence-electron chi connectivity index (χ0n) is 22.8. The molecule has 0 spiro atoms. The van der Waals surface area contributed by atoms with Crippen molar-refractivity contribution in [2.45, 2.75) is 49.0 Å². The SMILES string of the molecule is CO[C@H]1[C@H]2O[P@@](=O)(S)OC[C@H]3O[C@@H](n4cnc5c(N)ncnc54)[C@H](F)[C@@H]3O[PH](=O)OC[C@H]1O[C@H]2c1snc2c(=O)[nH]c(N)nc12. The Hall–Kier alpha value is -2.62. The third-order valence-electron chi connectivity index (χ3n) is 7.41. The molecule has 7 heterocycles. The first-order valence-corrected chi connectivity index (χ1v) is 17.8. The van der Waals surface area contributed by atoms with Gasteiger partial charge in [0, 0.05) is 7.11 Å². The number of ether oxygens (including phenoxy) is 3. The zero-order chi connectivity index (χ0) is 31.6. The lowest BCUT2D eigenvalue weighted by Crippen LogP contribution is -2.36. The number of rotatable bonds is 3. The van der Waals surface area contributed by atoms with Crippen LogP contribution in [0.5, 0.6) is 0 Å². The van der Waals surface area contributed by atoms with Crippen molar-refractivity contribution >= 4 is 72.8 Å². The number of fused-ring (bicyclic) bond motifs is 5. The molecule has 24 heteroatoms. The molecule has 0 saturated carbocycles. The lowest BCUT2D eigenvalue weighted by Gasteiger charge is -2.26. The van der Waals surface area contributed by atoms with E-state index in [0.717, 1.165) is 11.5 Å². The monoisotopic (exact) mass is 707 g/mol. The van der Waals surface area contributed by atoms with Crippen molar-refractivity contribution in [2.24, 2.45) is 0 Å². The van der Waals surface area contributed by atoms with Gasteiger partial charge in [0.25, 0.3) is 5.56 Å². The van der Waals surface area contributed by atoms with Gasteiger partial charge < -0.3 is 34.7 Å². The normalized spacial score (nSPS) is 36.0. The summed E-state index contributed by atoms with van der Waals surface area (Å²) < 4.78 is 88.1. The van der Waals surface area contributed by atoms with Crippen LogP contribution >= 0.6 is 38.8 Å². The number of nitrogens with zero attached hydrogens (tertiary/aromatic N) is 6. The lowest BCUT2D eigenvalue weighted by molar-refractivity contribution is -0.0450. The molecule has 3 fully saturated rings. The maximum absolute atomic E-state index is 15.9. The molecule has 4 aromatic heterocycles. The minimum absolute atomic E-state index is 0.00189. The third-order valence-corrected chi connectivity index (χ3v) is 10.8. The third kappa shape index (κ3) is 5.57. The number of hydrogen-bond donors (Lipinski definition) is 4. The molecule has 242 valence electrons. The van der Waals surface area contributed by atoms with Gasteiger partial charge in [-0.25, -0.2) is 28.9 Å². The van der Waals surface area contributed by atoms with Crippen LogP contribution in [0, 0.1) is 0 Å². The fourth-order valence-electron chi connectivity index (χ4n) is 5.44. The van der Waals surface area contributed by atoms with E-state index in [0.29, 0.717) is 4.88 Å². The number of alkyl halides is 1. The van der Waals surface area contributed by atoms with E-state index in [2.05, 4.69) is 41.5 Å². The molecule has 3 aliphatic heterocycles. The van der Waals surface area contributed by atoms with Gasteiger partial charge in [-0.05, 0) is 11.5 Å². The van der Waals surface area contributed by atoms with Crippen LogP contribution in [0.2, 0.25) is 0 Å². The minimum Gasteiger partial charge on any atom is -0.382 e. The smallest absolute Gasteiger partial charge is 0.382 e. The summed E-state index contributed by atoms with van der Waals surface area (Å²) in [5.74, 6) is -0.0910. The first-order chi connectivity index (χ1) is 21.5. The molecule has 7 rings (SSSR count). The largest absolute Gasteiger partial charge is 0.386 e. The van der Waals surface area contributed by atoms with Gasteiger partial charge in [-0.2, -0.15) is 4.37 Å². The van der Waals surface area contributed by atoms with Crippen molar-refractivity contribution in [3.63, 3.8) is 0 Å². The fourth-order valence-corrected chi connectivity index (χ4v) is 8.65. The Kier molecular flexibility index (Phi) is 8.18. The Balaban J connectivity index is 1.20. The van der Waals surface area contributed by atoms with E-state index in [1.165, 1.54) is 24.3 Å². The van der Waals surface area contributed by atoms with Crippen LogP contribution < -0.4 is 17.0 Å². The van der Waals surface area contributed by atoms with Gasteiger partial charge in [0.1, 0.15) is 54.0 Å². The number of nitrogens with two attached hydrogens (primary N) is 2. The molecule has 3 aliphatic rings. The number of halogens is 1. The van der Waals surface area contributed by atoms with E-state index in [4.69, 9.17) is 43.8 Å². The van der Waals surface area contributed by atoms with Gasteiger partial charge in [-0.15, -0.1) is 0 Å². The maximum Gasteiger partial charge on any atom is 0.386 e. The van der Waals surface area contributed by atoms with Gasteiger partial charge in [0.05, 0.1) is 24.4 Å². The number of hydrogen-bond acceptors (Lipinski definition) is 18. The molecule has 1 unspecified atom stereocenters. The summed E-state index contributed by atoms with van der Waals surface area (Å²) in [6.45, 7) is -5.25. The van der Waals surface area contributed by atoms with Crippen molar-refractivity contribution in [3.8, 4) is 0 Å². The first kappa shape index (κ1) is 31.0. The van der Waals surface area contributed by atoms with E-state index in [-0.39, 0.29) is 40.6 Å². The molecule has 0 radical (unpaired) electrons. The topological polar surface area (TPSA) is 253 Å². The van der Waals surface area contributed by atoms with Crippen molar-refractivity contribution in [2.75, 3.05) is 31.8 Å². The van der Waals surface area contributed by atoms with Crippen LogP contribution in [-0.2, 0) is 41.4 Å². The average molecular weight is 708 g/mol. The number of thiol groups is 1. The van der Waals surface area contributed by atoms with Gasteiger partial charge >= 0.3 is 15.1 Å². The maximum atomic E-state index is 15.9.